The predicted octanol–water partition coefficient (Wildman–Crippen LogP) is 5.48. The molecule has 0 aliphatic rings. The molecule has 0 unspecified atom stereocenters. The smallest absolute Gasteiger partial charge is 0.343 e. The molecule has 0 heterocycles. The molecule has 30 heavy (non-hydrogen) atoms. The monoisotopic (exact) mass is 467 g/mol. The van der Waals surface area contributed by atoms with Crippen LogP contribution in [0.4, 0.5) is 5.69 Å². The van der Waals surface area contributed by atoms with Crippen molar-refractivity contribution in [2.75, 3.05) is 18.6 Å². The summed E-state index contributed by atoms with van der Waals surface area (Å²) in [4.78, 5) is 26.3. The SMILES string of the molecule is CCN(Cc1ccc(Br)cc1OC(=O)c1ccccc1)c1ccc(C(=O)OC)cc1. The number of carbonyl (C=O) groups excluding carboxylic acids is 2. The van der Waals surface area contributed by atoms with Crippen LogP contribution in [0, 0.1) is 0 Å². The van der Waals surface area contributed by atoms with Crippen molar-refractivity contribution in [1.82, 2.24) is 0 Å². The first kappa shape index (κ1) is 21.6. The summed E-state index contributed by atoms with van der Waals surface area (Å²) in [5.74, 6) is -0.268. The molecular formula is C24H22BrNO4. The van der Waals surface area contributed by atoms with Gasteiger partial charge in [0.15, 0.2) is 0 Å². The molecule has 5 nitrogen and oxygen atoms in total. The van der Waals surface area contributed by atoms with Crippen molar-refractivity contribution in [2.24, 2.45) is 0 Å². The van der Waals surface area contributed by atoms with Crippen molar-refractivity contribution in [3.63, 3.8) is 0 Å². The highest BCUT2D eigenvalue weighted by molar-refractivity contribution is 9.10. The van der Waals surface area contributed by atoms with E-state index < -0.39 is 5.97 Å². The van der Waals surface area contributed by atoms with Crippen molar-refractivity contribution in [1.29, 1.82) is 0 Å². The van der Waals surface area contributed by atoms with Gasteiger partial charge >= 0.3 is 11.9 Å². The van der Waals surface area contributed by atoms with Gasteiger partial charge in [-0.3, -0.25) is 0 Å². The van der Waals surface area contributed by atoms with Gasteiger partial charge in [-0.2, -0.15) is 0 Å². The van der Waals surface area contributed by atoms with Crippen LogP contribution < -0.4 is 9.64 Å². The molecule has 0 amide bonds. The first-order chi connectivity index (χ1) is 14.5. The molecule has 3 aromatic carbocycles. The van der Waals surface area contributed by atoms with Gasteiger partial charge in [-0.25, -0.2) is 9.59 Å². The summed E-state index contributed by atoms with van der Waals surface area (Å²) < 4.78 is 11.3. The molecule has 0 aliphatic carbocycles. The second-order valence-corrected chi connectivity index (χ2v) is 7.48. The normalized spacial score (nSPS) is 10.4. The van der Waals surface area contributed by atoms with Gasteiger partial charge < -0.3 is 14.4 Å². The summed E-state index contributed by atoms with van der Waals surface area (Å²) in [5, 5.41) is 0. The van der Waals surface area contributed by atoms with Gasteiger partial charge in [0.25, 0.3) is 0 Å². The van der Waals surface area contributed by atoms with Gasteiger partial charge in [-0.05, 0) is 55.5 Å². The summed E-state index contributed by atoms with van der Waals surface area (Å²) in [7, 11) is 1.36. The number of methoxy groups -OCH3 is 1. The molecule has 0 spiro atoms. The van der Waals surface area contributed by atoms with E-state index in [1.807, 2.05) is 37.3 Å². The lowest BCUT2D eigenvalue weighted by molar-refractivity contribution is 0.0600. The lowest BCUT2D eigenvalue weighted by Gasteiger charge is -2.24. The van der Waals surface area contributed by atoms with Gasteiger partial charge in [-0.1, -0.05) is 40.2 Å². The van der Waals surface area contributed by atoms with E-state index in [1.54, 1.807) is 42.5 Å². The topological polar surface area (TPSA) is 55.8 Å². The van der Waals surface area contributed by atoms with E-state index >= 15 is 0 Å². The van der Waals surface area contributed by atoms with Gasteiger partial charge in [0.05, 0.1) is 18.2 Å². The van der Waals surface area contributed by atoms with Crippen LogP contribution >= 0.6 is 15.9 Å². The Labute approximate surface area is 184 Å². The molecule has 0 aromatic heterocycles. The number of hydrogen-bond donors (Lipinski definition) is 0. The molecule has 3 aromatic rings. The van der Waals surface area contributed by atoms with Crippen LogP contribution in [-0.4, -0.2) is 25.6 Å². The molecule has 0 bridgehead atoms. The summed E-state index contributed by atoms with van der Waals surface area (Å²) in [6.07, 6.45) is 0. The molecule has 6 heteroatoms. The molecule has 0 N–H and O–H groups in total. The number of nitrogens with zero attached hydrogens (tertiary/aromatic N) is 1. The summed E-state index contributed by atoms with van der Waals surface area (Å²) >= 11 is 3.45. The van der Waals surface area contributed by atoms with E-state index in [1.165, 1.54) is 7.11 Å². The minimum atomic E-state index is -0.402. The number of anilines is 1. The van der Waals surface area contributed by atoms with E-state index in [-0.39, 0.29) is 5.97 Å². The minimum absolute atomic E-state index is 0.368. The third-order valence-electron chi connectivity index (χ3n) is 4.64. The van der Waals surface area contributed by atoms with E-state index in [0.717, 1.165) is 22.3 Å². The third kappa shape index (κ3) is 5.27. The van der Waals surface area contributed by atoms with Crippen molar-refractivity contribution in [3.05, 3.63) is 94.0 Å². The maximum absolute atomic E-state index is 12.5. The van der Waals surface area contributed by atoms with Crippen LogP contribution in [0.1, 0.15) is 33.2 Å². The van der Waals surface area contributed by atoms with Crippen LogP contribution in [0.15, 0.2) is 77.3 Å². The number of halogens is 1. The van der Waals surface area contributed by atoms with E-state index in [9.17, 15) is 9.59 Å². The van der Waals surface area contributed by atoms with Gasteiger partial charge in [0, 0.05) is 28.8 Å². The van der Waals surface area contributed by atoms with Crippen LogP contribution in [0.3, 0.4) is 0 Å². The maximum atomic E-state index is 12.5. The standard InChI is InChI=1S/C24H22BrNO4/c1-3-26(21-13-10-18(11-14-21)23(27)29-2)16-19-9-12-20(25)15-22(19)30-24(28)17-7-5-4-6-8-17/h4-15H,3,16H2,1-2H3. The number of rotatable bonds is 7. The fourth-order valence-electron chi connectivity index (χ4n) is 3.00. The second kappa shape index (κ2) is 10.1. The zero-order valence-corrected chi connectivity index (χ0v) is 18.4. The number of benzene rings is 3. The molecule has 0 fully saturated rings. The number of hydrogen-bond acceptors (Lipinski definition) is 5. The molecule has 0 atom stereocenters. The van der Waals surface area contributed by atoms with E-state index in [2.05, 4.69) is 20.8 Å². The quantitative estimate of drug-likeness (QED) is 0.340. The Balaban J connectivity index is 1.82. The molecule has 0 saturated carbocycles. The Bertz CT molecular complexity index is 1020. The molecule has 0 saturated heterocycles. The van der Waals surface area contributed by atoms with Gasteiger partial charge in [-0.15, -0.1) is 0 Å². The van der Waals surface area contributed by atoms with Crippen molar-refractivity contribution < 1.29 is 19.1 Å². The lowest BCUT2D eigenvalue weighted by Crippen LogP contribution is -2.23. The molecule has 0 radical (unpaired) electrons. The molecule has 0 aliphatic heterocycles. The number of carbonyl (C=O) groups is 2. The van der Waals surface area contributed by atoms with Crippen LogP contribution in [0.25, 0.3) is 0 Å². The fourth-order valence-corrected chi connectivity index (χ4v) is 3.34. The van der Waals surface area contributed by atoms with Crippen molar-refractivity contribution in [3.8, 4) is 5.75 Å². The van der Waals surface area contributed by atoms with E-state index in [0.29, 0.717) is 23.4 Å². The van der Waals surface area contributed by atoms with Crippen molar-refractivity contribution >= 4 is 33.6 Å². The fraction of sp³-hybridized carbons (Fsp3) is 0.167. The Morgan fingerprint density at radius 2 is 1.57 bits per heavy atom. The van der Waals surface area contributed by atoms with Crippen molar-refractivity contribution in [2.45, 2.75) is 13.5 Å². The highest BCUT2D eigenvalue weighted by Gasteiger charge is 2.15. The molecular weight excluding hydrogens is 446 g/mol. The Morgan fingerprint density at radius 3 is 2.20 bits per heavy atom. The third-order valence-corrected chi connectivity index (χ3v) is 5.13. The first-order valence-corrected chi connectivity index (χ1v) is 10.3. The van der Waals surface area contributed by atoms with Gasteiger partial charge in [0.1, 0.15) is 5.75 Å². The van der Waals surface area contributed by atoms with Crippen LogP contribution in [0.2, 0.25) is 0 Å². The minimum Gasteiger partial charge on any atom is -0.465 e. The summed E-state index contributed by atoms with van der Waals surface area (Å²) in [6.45, 7) is 3.32. The largest absolute Gasteiger partial charge is 0.465 e. The summed E-state index contributed by atoms with van der Waals surface area (Å²) in [5.41, 5.74) is 2.82. The first-order valence-electron chi connectivity index (χ1n) is 9.50. The Morgan fingerprint density at radius 1 is 0.900 bits per heavy atom. The highest BCUT2D eigenvalue weighted by atomic mass is 79.9. The maximum Gasteiger partial charge on any atom is 0.343 e. The average molecular weight is 468 g/mol. The molecule has 3 rings (SSSR count). The zero-order chi connectivity index (χ0) is 21.5. The lowest BCUT2D eigenvalue weighted by atomic mass is 10.1. The predicted molar refractivity (Wildman–Crippen MR) is 120 cm³/mol. The Kier molecular flexibility index (Phi) is 7.25. The highest BCUT2D eigenvalue weighted by Crippen LogP contribution is 2.28. The second-order valence-electron chi connectivity index (χ2n) is 6.56. The average Bonchev–Trinajstić information content (AvgIpc) is 2.79. The zero-order valence-electron chi connectivity index (χ0n) is 16.8. The van der Waals surface area contributed by atoms with Crippen LogP contribution in [0.5, 0.6) is 5.75 Å². The van der Waals surface area contributed by atoms with Crippen LogP contribution in [-0.2, 0) is 11.3 Å². The Hall–Kier alpha value is -3.12. The molecule has 154 valence electrons. The number of ether oxygens (including phenoxy) is 2. The van der Waals surface area contributed by atoms with E-state index in [4.69, 9.17) is 9.47 Å². The summed E-state index contributed by atoms with van der Waals surface area (Å²) in [6, 6.07) is 21.8. The van der Waals surface area contributed by atoms with Gasteiger partial charge in [0.2, 0.25) is 0 Å². The number of esters is 2.